The summed E-state index contributed by atoms with van der Waals surface area (Å²) in [5.41, 5.74) is 6.13. The van der Waals surface area contributed by atoms with Crippen LogP contribution in [0.2, 0.25) is 0 Å². The lowest BCUT2D eigenvalue weighted by molar-refractivity contribution is -0.00348. The van der Waals surface area contributed by atoms with E-state index in [2.05, 4.69) is 13.8 Å². The van der Waals surface area contributed by atoms with Gasteiger partial charge in [-0.15, -0.1) is 0 Å². The molecule has 2 nitrogen and oxygen atoms in total. The number of rotatable bonds is 0. The highest BCUT2D eigenvalue weighted by Crippen LogP contribution is 2.53. The molecule has 2 aliphatic heterocycles. The van der Waals surface area contributed by atoms with Crippen molar-refractivity contribution in [3.63, 3.8) is 0 Å². The van der Waals surface area contributed by atoms with Gasteiger partial charge in [-0.3, -0.25) is 0 Å². The van der Waals surface area contributed by atoms with Crippen molar-refractivity contribution in [2.45, 2.75) is 43.9 Å². The van der Waals surface area contributed by atoms with Crippen LogP contribution in [0, 0.1) is 0 Å². The standard InChI is InChI=1S/C7H13NO/c1-5-7(8)3-6(2,4-7)9-5/h5H,3-4,8H2,1-2H3. The van der Waals surface area contributed by atoms with Crippen LogP contribution < -0.4 is 5.73 Å². The van der Waals surface area contributed by atoms with Crippen molar-refractivity contribution < 1.29 is 4.74 Å². The van der Waals surface area contributed by atoms with Gasteiger partial charge < -0.3 is 10.5 Å². The van der Waals surface area contributed by atoms with Crippen molar-refractivity contribution in [3.05, 3.63) is 0 Å². The van der Waals surface area contributed by atoms with Gasteiger partial charge in [0.15, 0.2) is 0 Å². The molecule has 0 spiro atoms. The molecule has 2 N–H and O–H groups in total. The Morgan fingerprint density at radius 3 is 2.22 bits per heavy atom. The fourth-order valence-corrected chi connectivity index (χ4v) is 2.26. The van der Waals surface area contributed by atoms with Crippen LogP contribution in [0.15, 0.2) is 0 Å². The number of nitrogens with two attached hydrogens (primary N) is 1. The van der Waals surface area contributed by atoms with Crippen molar-refractivity contribution >= 4 is 0 Å². The molecule has 0 aromatic carbocycles. The zero-order chi connectivity index (χ0) is 6.70. The molecule has 2 heterocycles. The topological polar surface area (TPSA) is 35.2 Å². The van der Waals surface area contributed by atoms with E-state index in [4.69, 9.17) is 10.5 Å². The van der Waals surface area contributed by atoms with Gasteiger partial charge in [0.05, 0.1) is 11.7 Å². The van der Waals surface area contributed by atoms with Crippen LogP contribution >= 0.6 is 0 Å². The van der Waals surface area contributed by atoms with E-state index in [0.29, 0.717) is 0 Å². The van der Waals surface area contributed by atoms with Crippen LogP contribution in [0.5, 0.6) is 0 Å². The van der Waals surface area contributed by atoms with Crippen molar-refractivity contribution in [2.24, 2.45) is 5.73 Å². The minimum Gasteiger partial charge on any atom is -0.370 e. The molecule has 1 saturated carbocycles. The molecule has 1 unspecified atom stereocenters. The highest BCUT2D eigenvalue weighted by atomic mass is 16.5. The summed E-state index contributed by atoms with van der Waals surface area (Å²) in [4.78, 5) is 0. The first-order valence-electron chi connectivity index (χ1n) is 3.51. The van der Waals surface area contributed by atoms with E-state index < -0.39 is 0 Å². The molecule has 1 atom stereocenters. The summed E-state index contributed by atoms with van der Waals surface area (Å²) in [5, 5.41) is 0. The van der Waals surface area contributed by atoms with E-state index in [9.17, 15) is 0 Å². The average molecular weight is 127 g/mol. The fraction of sp³-hybridized carbons (Fsp3) is 1.00. The van der Waals surface area contributed by atoms with Crippen molar-refractivity contribution in [1.82, 2.24) is 0 Å². The van der Waals surface area contributed by atoms with E-state index in [0.717, 1.165) is 12.8 Å². The number of hydrogen-bond donors (Lipinski definition) is 1. The van der Waals surface area contributed by atoms with Crippen LogP contribution in [-0.4, -0.2) is 17.2 Å². The summed E-state index contributed by atoms with van der Waals surface area (Å²) < 4.78 is 5.60. The third-order valence-corrected chi connectivity index (χ3v) is 2.68. The Morgan fingerprint density at radius 1 is 1.56 bits per heavy atom. The number of fused-ring (bicyclic) bond motifs is 1. The van der Waals surface area contributed by atoms with Crippen LogP contribution in [-0.2, 0) is 4.74 Å². The second-order valence-corrected chi connectivity index (χ2v) is 3.80. The maximum Gasteiger partial charge on any atom is 0.0736 e. The molecule has 3 rings (SSSR count). The SMILES string of the molecule is CC1OC2(C)CC1(N)C2. The summed E-state index contributed by atoms with van der Waals surface area (Å²) in [6.07, 6.45) is 2.39. The Balaban J connectivity index is 2.24. The average Bonchev–Trinajstić information content (AvgIpc) is 1.85. The van der Waals surface area contributed by atoms with Crippen LogP contribution in [0.25, 0.3) is 0 Å². The molecule has 0 amide bonds. The van der Waals surface area contributed by atoms with Crippen LogP contribution in [0.3, 0.4) is 0 Å². The Labute approximate surface area is 55.4 Å². The Hall–Kier alpha value is -0.0800. The molecule has 3 fully saturated rings. The van der Waals surface area contributed by atoms with Gasteiger partial charge in [0.2, 0.25) is 0 Å². The van der Waals surface area contributed by atoms with E-state index in [1.807, 2.05) is 0 Å². The first-order valence-corrected chi connectivity index (χ1v) is 3.51. The molecule has 0 radical (unpaired) electrons. The van der Waals surface area contributed by atoms with Gasteiger partial charge in [-0.1, -0.05) is 0 Å². The largest absolute Gasteiger partial charge is 0.370 e. The number of hydrogen-bond acceptors (Lipinski definition) is 2. The van der Waals surface area contributed by atoms with Gasteiger partial charge >= 0.3 is 0 Å². The summed E-state index contributed by atoms with van der Waals surface area (Å²) in [5.74, 6) is 0. The zero-order valence-electron chi connectivity index (χ0n) is 5.98. The van der Waals surface area contributed by atoms with Crippen molar-refractivity contribution in [1.29, 1.82) is 0 Å². The quantitative estimate of drug-likeness (QED) is 0.518. The summed E-state index contributed by atoms with van der Waals surface area (Å²) in [6, 6.07) is 0. The maximum absolute atomic E-state index is 5.95. The van der Waals surface area contributed by atoms with Gasteiger partial charge in [0.1, 0.15) is 0 Å². The molecule has 1 aliphatic carbocycles. The molecule has 9 heavy (non-hydrogen) atoms. The van der Waals surface area contributed by atoms with E-state index in [-0.39, 0.29) is 17.2 Å². The lowest BCUT2D eigenvalue weighted by Gasteiger charge is -2.39. The first-order chi connectivity index (χ1) is 4.04. The third kappa shape index (κ3) is 0.528. The smallest absolute Gasteiger partial charge is 0.0736 e. The lowest BCUT2D eigenvalue weighted by atomic mass is 9.68. The molecule has 3 aliphatic rings. The van der Waals surface area contributed by atoms with E-state index in [1.165, 1.54) is 0 Å². The second-order valence-electron chi connectivity index (χ2n) is 3.80. The molecular formula is C7H13NO. The highest BCUT2D eigenvalue weighted by Gasteiger charge is 2.61. The molecule has 52 valence electrons. The summed E-state index contributed by atoms with van der Waals surface area (Å²) in [7, 11) is 0. The third-order valence-electron chi connectivity index (χ3n) is 2.68. The first kappa shape index (κ1) is 5.69. The van der Waals surface area contributed by atoms with E-state index >= 15 is 0 Å². The molecule has 0 aromatic heterocycles. The predicted octanol–water partition coefficient (Wildman–Crippen LogP) is 0.655. The van der Waals surface area contributed by atoms with Gasteiger partial charge in [-0.25, -0.2) is 0 Å². The minimum atomic E-state index is 0.0365. The molecule has 2 saturated heterocycles. The number of ether oxygens (including phenoxy) is 1. The fourth-order valence-electron chi connectivity index (χ4n) is 2.26. The second kappa shape index (κ2) is 1.18. The zero-order valence-corrected chi connectivity index (χ0v) is 5.98. The predicted molar refractivity (Wildman–Crippen MR) is 35.1 cm³/mol. The monoisotopic (exact) mass is 127 g/mol. The normalized spacial score (nSPS) is 63.7. The Bertz CT molecular complexity index is 143. The van der Waals surface area contributed by atoms with E-state index in [1.54, 1.807) is 0 Å². The van der Waals surface area contributed by atoms with Gasteiger partial charge in [0, 0.05) is 5.54 Å². The minimum absolute atomic E-state index is 0.0365. The van der Waals surface area contributed by atoms with Crippen molar-refractivity contribution in [2.75, 3.05) is 0 Å². The summed E-state index contributed by atoms with van der Waals surface area (Å²) in [6.45, 7) is 4.21. The molecule has 2 heteroatoms. The van der Waals surface area contributed by atoms with Gasteiger partial charge in [0.25, 0.3) is 0 Å². The summed E-state index contributed by atoms with van der Waals surface area (Å²) >= 11 is 0. The van der Waals surface area contributed by atoms with Gasteiger partial charge in [-0.05, 0) is 26.7 Å². The van der Waals surface area contributed by atoms with Crippen molar-refractivity contribution in [3.8, 4) is 0 Å². The van der Waals surface area contributed by atoms with Gasteiger partial charge in [-0.2, -0.15) is 0 Å². The molecule has 2 bridgehead atoms. The Kier molecular flexibility index (Phi) is 0.746. The molecule has 0 aromatic rings. The maximum atomic E-state index is 5.95. The Morgan fingerprint density at radius 2 is 2.11 bits per heavy atom. The lowest BCUT2D eigenvalue weighted by Crippen LogP contribution is -2.55. The van der Waals surface area contributed by atoms with Crippen LogP contribution in [0.4, 0.5) is 0 Å². The highest BCUT2D eigenvalue weighted by molar-refractivity contribution is 5.16. The van der Waals surface area contributed by atoms with Crippen LogP contribution in [0.1, 0.15) is 26.7 Å². The molecular weight excluding hydrogens is 114 g/mol.